The average Bonchev–Trinajstić information content (AvgIpc) is 2.74. The zero-order chi connectivity index (χ0) is 21.1. The van der Waals surface area contributed by atoms with Crippen LogP contribution in [0.15, 0.2) is 54.6 Å². The van der Waals surface area contributed by atoms with Crippen molar-refractivity contribution in [3.8, 4) is 0 Å². The summed E-state index contributed by atoms with van der Waals surface area (Å²) in [4.78, 5) is 34.6. The Morgan fingerprint density at radius 3 is 2.28 bits per heavy atom. The first-order valence-electron chi connectivity index (χ1n) is 8.85. The van der Waals surface area contributed by atoms with Crippen molar-refractivity contribution >= 4 is 29.5 Å². The van der Waals surface area contributed by atoms with Crippen molar-refractivity contribution in [3.63, 3.8) is 0 Å². The number of non-ortho nitro benzene ring substituents is 1. The van der Waals surface area contributed by atoms with Gasteiger partial charge in [0.1, 0.15) is 19.3 Å². The zero-order valence-electron chi connectivity index (χ0n) is 15.9. The fourth-order valence-electron chi connectivity index (χ4n) is 2.36. The van der Waals surface area contributed by atoms with Crippen molar-refractivity contribution in [3.05, 3.63) is 75.8 Å². The highest BCUT2D eigenvalue weighted by molar-refractivity contribution is 7.98. The summed E-state index contributed by atoms with van der Waals surface area (Å²) in [5, 5.41) is 13.2. The normalized spacial score (nSPS) is 11.3. The highest BCUT2D eigenvalue weighted by Gasteiger charge is 2.23. The number of alkyl carbamates (subject to hydrolysis) is 1. The minimum absolute atomic E-state index is 0.0410. The second kappa shape index (κ2) is 11.7. The Morgan fingerprint density at radius 1 is 1.03 bits per heavy atom. The van der Waals surface area contributed by atoms with Gasteiger partial charge in [0.2, 0.25) is 0 Å². The van der Waals surface area contributed by atoms with Crippen molar-refractivity contribution in [1.29, 1.82) is 0 Å². The molecule has 0 aliphatic rings. The summed E-state index contributed by atoms with van der Waals surface area (Å²) in [6.07, 6.45) is 1.58. The van der Waals surface area contributed by atoms with Crippen LogP contribution in [0.2, 0.25) is 0 Å². The van der Waals surface area contributed by atoms with Crippen LogP contribution in [0.25, 0.3) is 0 Å². The van der Waals surface area contributed by atoms with E-state index in [4.69, 9.17) is 9.47 Å². The van der Waals surface area contributed by atoms with Crippen LogP contribution in [0.3, 0.4) is 0 Å². The minimum atomic E-state index is -0.844. The summed E-state index contributed by atoms with van der Waals surface area (Å²) in [5.41, 5.74) is 1.41. The molecule has 1 atom stereocenters. The van der Waals surface area contributed by atoms with Crippen LogP contribution in [0.4, 0.5) is 10.5 Å². The molecule has 2 aromatic rings. The van der Waals surface area contributed by atoms with E-state index in [0.29, 0.717) is 17.7 Å². The molecule has 0 radical (unpaired) electrons. The van der Waals surface area contributed by atoms with Gasteiger partial charge in [-0.15, -0.1) is 0 Å². The van der Waals surface area contributed by atoms with E-state index in [2.05, 4.69) is 5.32 Å². The molecule has 0 spiro atoms. The fourth-order valence-corrected chi connectivity index (χ4v) is 2.83. The van der Waals surface area contributed by atoms with E-state index in [9.17, 15) is 19.7 Å². The van der Waals surface area contributed by atoms with Gasteiger partial charge in [-0.1, -0.05) is 30.3 Å². The summed E-state index contributed by atoms with van der Waals surface area (Å²) in [7, 11) is 0. The molecule has 0 bridgehead atoms. The summed E-state index contributed by atoms with van der Waals surface area (Å²) in [6, 6.07) is 14.1. The number of amides is 1. The van der Waals surface area contributed by atoms with E-state index >= 15 is 0 Å². The predicted octanol–water partition coefficient (Wildman–Crippen LogP) is 3.69. The second-order valence-corrected chi connectivity index (χ2v) is 7.06. The van der Waals surface area contributed by atoms with Gasteiger partial charge in [0.25, 0.3) is 5.69 Å². The van der Waals surface area contributed by atoms with E-state index in [-0.39, 0.29) is 18.9 Å². The third-order valence-electron chi connectivity index (χ3n) is 3.93. The van der Waals surface area contributed by atoms with Gasteiger partial charge in [0, 0.05) is 12.1 Å². The highest BCUT2D eigenvalue weighted by atomic mass is 32.2. The molecule has 2 rings (SSSR count). The van der Waals surface area contributed by atoms with Gasteiger partial charge in [-0.25, -0.2) is 9.59 Å². The van der Waals surface area contributed by atoms with Gasteiger partial charge in [0.05, 0.1) is 4.92 Å². The first-order valence-corrected chi connectivity index (χ1v) is 10.2. The van der Waals surface area contributed by atoms with Crippen LogP contribution in [0.1, 0.15) is 17.5 Å². The van der Waals surface area contributed by atoms with E-state index in [1.807, 2.05) is 36.6 Å². The molecule has 2 aromatic carbocycles. The molecule has 1 N–H and O–H groups in total. The Bertz CT molecular complexity index is 813. The molecule has 29 heavy (non-hydrogen) atoms. The number of nitro benzene ring substituents is 1. The van der Waals surface area contributed by atoms with Gasteiger partial charge in [-0.3, -0.25) is 10.1 Å². The number of nitrogens with one attached hydrogen (secondary N) is 1. The molecule has 9 heteroatoms. The number of hydrogen-bond donors (Lipinski definition) is 1. The van der Waals surface area contributed by atoms with Crippen LogP contribution in [-0.4, -0.2) is 35.0 Å². The Morgan fingerprint density at radius 2 is 1.66 bits per heavy atom. The first kappa shape index (κ1) is 22.2. The molecule has 0 aliphatic heterocycles. The maximum atomic E-state index is 12.4. The van der Waals surface area contributed by atoms with Crippen LogP contribution < -0.4 is 5.32 Å². The van der Waals surface area contributed by atoms with Gasteiger partial charge in [-0.05, 0) is 41.7 Å². The Labute approximate surface area is 172 Å². The van der Waals surface area contributed by atoms with Gasteiger partial charge >= 0.3 is 12.1 Å². The standard InChI is InChI=1S/C20H22N2O6S/c1-29-12-11-18(21-20(24)28-14-15-5-3-2-4-6-15)19(23)27-13-16-7-9-17(10-8-16)22(25)26/h2-10,18H,11-14H2,1H3,(H,21,24)/t18-/m0/s1. The van der Waals surface area contributed by atoms with Crippen molar-refractivity contribution in [2.24, 2.45) is 0 Å². The van der Waals surface area contributed by atoms with Crippen molar-refractivity contribution in [2.75, 3.05) is 12.0 Å². The number of ether oxygens (including phenoxy) is 2. The lowest BCUT2D eigenvalue weighted by Crippen LogP contribution is -2.42. The monoisotopic (exact) mass is 418 g/mol. The molecule has 0 saturated heterocycles. The fraction of sp³-hybridized carbons (Fsp3) is 0.300. The maximum Gasteiger partial charge on any atom is 0.408 e. The smallest absolute Gasteiger partial charge is 0.408 e. The molecule has 0 saturated carbocycles. The highest BCUT2D eigenvalue weighted by Crippen LogP contribution is 2.13. The molecular weight excluding hydrogens is 396 g/mol. The second-order valence-electron chi connectivity index (χ2n) is 6.07. The van der Waals surface area contributed by atoms with Crippen LogP contribution in [0, 0.1) is 10.1 Å². The molecule has 1 amide bonds. The summed E-state index contributed by atoms with van der Waals surface area (Å²) in [5.74, 6) is 0.0602. The summed E-state index contributed by atoms with van der Waals surface area (Å²) in [6.45, 7) is 0.0487. The summed E-state index contributed by atoms with van der Waals surface area (Å²) >= 11 is 1.54. The number of benzene rings is 2. The molecule has 154 valence electrons. The van der Waals surface area contributed by atoms with Gasteiger partial charge in [0.15, 0.2) is 0 Å². The lowest BCUT2D eigenvalue weighted by molar-refractivity contribution is -0.384. The van der Waals surface area contributed by atoms with Crippen molar-refractivity contribution in [2.45, 2.75) is 25.7 Å². The first-order chi connectivity index (χ1) is 14.0. The summed E-state index contributed by atoms with van der Waals surface area (Å²) < 4.78 is 10.4. The molecule has 0 fully saturated rings. The SMILES string of the molecule is CSCC[C@H](NC(=O)OCc1ccccc1)C(=O)OCc1ccc([N+](=O)[O-])cc1. The predicted molar refractivity (Wildman–Crippen MR) is 109 cm³/mol. The zero-order valence-corrected chi connectivity index (χ0v) is 16.7. The number of thioether (sulfide) groups is 1. The maximum absolute atomic E-state index is 12.4. The Balaban J connectivity index is 1.87. The largest absolute Gasteiger partial charge is 0.459 e. The quantitative estimate of drug-likeness (QED) is 0.356. The van der Waals surface area contributed by atoms with E-state index in [0.717, 1.165) is 5.56 Å². The molecule has 0 aromatic heterocycles. The number of esters is 1. The van der Waals surface area contributed by atoms with E-state index in [1.165, 1.54) is 36.0 Å². The van der Waals surface area contributed by atoms with Crippen molar-refractivity contribution < 1.29 is 24.0 Å². The third-order valence-corrected chi connectivity index (χ3v) is 4.57. The molecule has 8 nitrogen and oxygen atoms in total. The molecular formula is C20H22N2O6S. The number of hydrogen-bond acceptors (Lipinski definition) is 7. The Hall–Kier alpha value is -3.07. The van der Waals surface area contributed by atoms with Crippen LogP contribution >= 0.6 is 11.8 Å². The number of rotatable bonds is 10. The molecule has 0 unspecified atom stereocenters. The average molecular weight is 418 g/mol. The topological polar surface area (TPSA) is 108 Å². The van der Waals surface area contributed by atoms with Gasteiger partial charge < -0.3 is 14.8 Å². The lowest BCUT2D eigenvalue weighted by atomic mass is 10.2. The lowest BCUT2D eigenvalue weighted by Gasteiger charge is -2.17. The van der Waals surface area contributed by atoms with E-state index < -0.39 is 23.0 Å². The van der Waals surface area contributed by atoms with Crippen LogP contribution in [0.5, 0.6) is 0 Å². The van der Waals surface area contributed by atoms with E-state index in [1.54, 1.807) is 0 Å². The number of carbonyl (C=O) groups is 2. The minimum Gasteiger partial charge on any atom is -0.459 e. The number of nitrogens with zero attached hydrogens (tertiary/aromatic N) is 1. The van der Waals surface area contributed by atoms with Gasteiger partial charge in [-0.2, -0.15) is 11.8 Å². The third kappa shape index (κ3) is 7.82. The Kier molecular flexibility index (Phi) is 8.97. The van der Waals surface area contributed by atoms with Crippen LogP contribution in [-0.2, 0) is 27.5 Å². The molecule has 0 heterocycles. The number of nitro groups is 1. The van der Waals surface area contributed by atoms with Crippen molar-refractivity contribution in [1.82, 2.24) is 5.32 Å². The molecule has 0 aliphatic carbocycles. The number of carbonyl (C=O) groups excluding carboxylic acids is 2.